The number of carbonyl (C=O) groups is 1. The third-order valence-electron chi connectivity index (χ3n) is 4.85. The molecule has 0 atom stereocenters. The minimum Gasteiger partial charge on any atom is -0.355 e. The first-order valence-corrected chi connectivity index (χ1v) is 8.62. The standard InChI is InChI=1S/C20H25N3O/c1-14-7-10-23(11-8-14)20(24)19-13-18(6-9-21-19)22-17-5-4-15(2)16(3)12-17/h4-6,9,12-14H,7-8,10-11H2,1-3H3,(H,21,22). The Hall–Kier alpha value is -2.36. The summed E-state index contributed by atoms with van der Waals surface area (Å²) in [5, 5.41) is 3.37. The number of hydrogen-bond donors (Lipinski definition) is 1. The van der Waals surface area contributed by atoms with E-state index in [2.05, 4.69) is 49.3 Å². The molecule has 4 heteroatoms. The number of amides is 1. The molecule has 0 saturated carbocycles. The van der Waals surface area contributed by atoms with Gasteiger partial charge in [-0.15, -0.1) is 0 Å². The van der Waals surface area contributed by atoms with Crippen molar-refractivity contribution in [1.82, 2.24) is 9.88 Å². The van der Waals surface area contributed by atoms with E-state index in [9.17, 15) is 4.79 Å². The van der Waals surface area contributed by atoms with Crippen LogP contribution in [0.3, 0.4) is 0 Å². The number of pyridine rings is 1. The fourth-order valence-corrected chi connectivity index (χ4v) is 2.98. The number of aryl methyl sites for hydroxylation is 2. The molecule has 24 heavy (non-hydrogen) atoms. The lowest BCUT2D eigenvalue weighted by molar-refractivity contribution is 0.0691. The van der Waals surface area contributed by atoms with Crippen molar-refractivity contribution in [3.05, 3.63) is 53.3 Å². The summed E-state index contributed by atoms with van der Waals surface area (Å²) in [6.45, 7) is 8.10. The van der Waals surface area contributed by atoms with Crippen LogP contribution in [-0.2, 0) is 0 Å². The van der Waals surface area contributed by atoms with Crippen LogP contribution in [0.4, 0.5) is 11.4 Å². The summed E-state index contributed by atoms with van der Waals surface area (Å²) in [7, 11) is 0. The summed E-state index contributed by atoms with van der Waals surface area (Å²) in [6.07, 6.45) is 3.85. The average Bonchev–Trinajstić information content (AvgIpc) is 2.58. The molecule has 3 rings (SSSR count). The van der Waals surface area contributed by atoms with Crippen LogP contribution in [0.25, 0.3) is 0 Å². The van der Waals surface area contributed by atoms with E-state index in [1.165, 1.54) is 11.1 Å². The lowest BCUT2D eigenvalue weighted by atomic mass is 9.99. The van der Waals surface area contributed by atoms with E-state index < -0.39 is 0 Å². The van der Waals surface area contributed by atoms with Gasteiger partial charge in [-0.05, 0) is 68.0 Å². The Bertz CT molecular complexity index is 733. The average molecular weight is 323 g/mol. The molecule has 1 aromatic carbocycles. The molecule has 1 saturated heterocycles. The predicted octanol–water partition coefficient (Wildman–Crippen LogP) is 4.31. The maximum Gasteiger partial charge on any atom is 0.272 e. The van der Waals surface area contributed by atoms with Crippen LogP contribution in [-0.4, -0.2) is 28.9 Å². The van der Waals surface area contributed by atoms with Crippen molar-refractivity contribution in [1.29, 1.82) is 0 Å². The van der Waals surface area contributed by atoms with E-state index in [0.717, 1.165) is 37.3 Å². The Labute approximate surface area is 143 Å². The zero-order valence-corrected chi connectivity index (χ0v) is 14.7. The van der Waals surface area contributed by atoms with E-state index >= 15 is 0 Å². The van der Waals surface area contributed by atoms with E-state index in [-0.39, 0.29) is 5.91 Å². The Kier molecular flexibility index (Phi) is 4.84. The molecule has 1 amide bonds. The van der Waals surface area contributed by atoms with E-state index in [1.807, 2.05) is 17.0 Å². The van der Waals surface area contributed by atoms with Crippen molar-refractivity contribution in [3.8, 4) is 0 Å². The van der Waals surface area contributed by atoms with Crippen LogP contribution in [0.15, 0.2) is 36.5 Å². The molecule has 1 fully saturated rings. The van der Waals surface area contributed by atoms with Gasteiger partial charge in [-0.2, -0.15) is 0 Å². The maximum atomic E-state index is 12.6. The number of carbonyl (C=O) groups excluding carboxylic acids is 1. The van der Waals surface area contributed by atoms with Gasteiger partial charge in [0.2, 0.25) is 0 Å². The van der Waals surface area contributed by atoms with Gasteiger partial charge in [0.15, 0.2) is 0 Å². The summed E-state index contributed by atoms with van der Waals surface area (Å²) in [6, 6.07) is 10.00. The summed E-state index contributed by atoms with van der Waals surface area (Å²) < 4.78 is 0. The maximum absolute atomic E-state index is 12.6. The van der Waals surface area contributed by atoms with Crippen LogP contribution in [0.2, 0.25) is 0 Å². The molecule has 4 nitrogen and oxygen atoms in total. The first kappa shape index (κ1) is 16.5. The highest BCUT2D eigenvalue weighted by Crippen LogP contribution is 2.21. The van der Waals surface area contributed by atoms with Gasteiger partial charge in [-0.3, -0.25) is 9.78 Å². The zero-order valence-electron chi connectivity index (χ0n) is 14.7. The first-order valence-electron chi connectivity index (χ1n) is 8.62. The molecule has 2 aromatic rings. The van der Waals surface area contributed by atoms with Gasteiger partial charge in [-0.25, -0.2) is 0 Å². The first-order chi connectivity index (χ1) is 11.5. The highest BCUT2D eigenvalue weighted by atomic mass is 16.2. The Balaban J connectivity index is 1.73. The predicted molar refractivity (Wildman–Crippen MR) is 97.7 cm³/mol. The number of nitrogens with one attached hydrogen (secondary N) is 1. The van der Waals surface area contributed by atoms with Crippen LogP contribution in [0.1, 0.15) is 41.4 Å². The van der Waals surface area contributed by atoms with Crippen molar-refractivity contribution in [2.24, 2.45) is 5.92 Å². The summed E-state index contributed by atoms with van der Waals surface area (Å²) >= 11 is 0. The monoisotopic (exact) mass is 323 g/mol. The van der Waals surface area contributed by atoms with E-state index in [0.29, 0.717) is 11.6 Å². The summed E-state index contributed by atoms with van der Waals surface area (Å²) in [5.41, 5.74) is 4.94. The van der Waals surface area contributed by atoms with Gasteiger partial charge in [0.05, 0.1) is 0 Å². The van der Waals surface area contributed by atoms with Crippen molar-refractivity contribution in [2.45, 2.75) is 33.6 Å². The molecule has 0 bridgehead atoms. The van der Waals surface area contributed by atoms with Gasteiger partial charge >= 0.3 is 0 Å². The number of benzene rings is 1. The Morgan fingerprint density at radius 2 is 1.79 bits per heavy atom. The molecule has 0 unspecified atom stereocenters. The number of likely N-dealkylation sites (tertiary alicyclic amines) is 1. The number of rotatable bonds is 3. The molecule has 1 N–H and O–H groups in total. The fraction of sp³-hybridized carbons (Fsp3) is 0.400. The van der Waals surface area contributed by atoms with Crippen LogP contribution in [0.5, 0.6) is 0 Å². The largest absolute Gasteiger partial charge is 0.355 e. The lowest BCUT2D eigenvalue weighted by Gasteiger charge is -2.30. The van der Waals surface area contributed by atoms with Gasteiger partial charge in [-0.1, -0.05) is 13.0 Å². The molecule has 1 aliphatic rings. The van der Waals surface area contributed by atoms with Gasteiger partial charge in [0.1, 0.15) is 5.69 Å². The molecule has 126 valence electrons. The molecule has 1 aromatic heterocycles. The number of piperidine rings is 1. The minimum atomic E-state index is 0.0330. The van der Waals surface area contributed by atoms with Crippen molar-refractivity contribution < 1.29 is 4.79 Å². The van der Waals surface area contributed by atoms with Gasteiger partial charge in [0.25, 0.3) is 5.91 Å². The van der Waals surface area contributed by atoms with Crippen LogP contribution >= 0.6 is 0 Å². The molecule has 0 aliphatic carbocycles. The highest BCUT2D eigenvalue weighted by molar-refractivity contribution is 5.93. The van der Waals surface area contributed by atoms with Crippen molar-refractivity contribution in [2.75, 3.05) is 18.4 Å². The SMILES string of the molecule is Cc1ccc(Nc2ccnc(C(=O)N3CCC(C)CC3)c2)cc1C. The van der Waals surface area contributed by atoms with E-state index in [1.54, 1.807) is 6.20 Å². The minimum absolute atomic E-state index is 0.0330. The van der Waals surface area contributed by atoms with Gasteiger partial charge in [0, 0.05) is 30.7 Å². The van der Waals surface area contributed by atoms with Crippen molar-refractivity contribution >= 4 is 17.3 Å². The third-order valence-corrected chi connectivity index (χ3v) is 4.85. The second-order valence-corrected chi connectivity index (χ2v) is 6.83. The zero-order chi connectivity index (χ0) is 17.1. The van der Waals surface area contributed by atoms with Gasteiger partial charge < -0.3 is 10.2 Å². The van der Waals surface area contributed by atoms with E-state index in [4.69, 9.17) is 0 Å². The number of nitrogens with zero attached hydrogens (tertiary/aromatic N) is 2. The number of aromatic nitrogens is 1. The second-order valence-electron chi connectivity index (χ2n) is 6.83. The van der Waals surface area contributed by atoms with Crippen molar-refractivity contribution in [3.63, 3.8) is 0 Å². The topological polar surface area (TPSA) is 45.2 Å². The molecule has 1 aliphatic heterocycles. The lowest BCUT2D eigenvalue weighted by Crippen LogP contribution is -2.38. The smallest absolute Gasteiger partial charge is 0.272 e. The molecule has 0 radical (unpaired) electrons. The molecular weight excluding hydrogens is 298 g/mol. The summed E-state index contributed by atoms with van der Waals surface area (Å²) in [5.74, 6) is 0.741. The normalized spacial score (nSPS) is 15.4. The Morgan fingerprint density at radius 1 is 1.08 bits per heavy atom. The molecule has 0 spiro atoms. The van der Waals surface area contributed by atoms with Crippen LogP contribution < -0.4 is 5.32 Å². The molecular formula is C20H25N3O. The fourth-order valence-electron chi connectivity index (χ4n) is 2.98. The highest BCUT2D eigenvalue weighted by Gasteiger charge is 2.22. The quantitative estimate of drug-likeness (QED) is 0.915. The Morgan fingerprint density at radius 3 is 2.50 bits per heavy atom. The molecule has 2 heterocycles. The third kappa shape index (κ3) is 3.75. The number of anilines is 2. The second kappa shape index (κ2) is 7.04. The summed E-state index contributed by atoms with van der Waals surface area (Å²) in [4.78, 5) is 18.8. The number of hydrogen-bond acceptors (Lipinski definition) is 3. The van der Waals surface area contributed by atoms with Crippen LogP contribution in [0, 0.1) is 19.8 Å².